The first-order valence-electron chi connectivity index (χ1n) is 13.4. The fourth-order valence-electron chi connectivity index (χ4n) is 5.69. The van der Waals surface area contributed by atoms with Crippen molar-refractivity contribution in [3.05, 3.63) is 116 Å². The summed E-state index contributed by atoms with van der Waals surface area (Å²) in [5.74, 6) is -1.78. The summed E-state index contributed by atoms with van der Waals surface area (Å²) in [5.41, 5.74) is 1.91. The molecule has 0 bridgehead atoms. The lowest BCUT2D eigenvalue weighted by Gasteiger charge is -2.30. The van der Waals surface area contributed by atoms with E-state index in [2.05, 4.69) is 26.2 Å². The predicted molar refractivity (Wildman–Crippen MR) is 171 cm³/mol. The van der Waals surface area contributed by atoms with Crippen molar-refractivity contribution in [2.24, 2.45) is 5.92 Å². The number of thioether (sulfide) groups is 1. The Morgan fingerprint density at radius 3 is 2.53 bits per heavy atom. The number of rotatable bonds is 6. The lowest BCUT2D eigenvalue weighted by atomic mass is 9.83. The van der Waals surface area contributed by atoms with Gasteiger partial charge in [-0.2, -0.15) is 0 Å². The molecule has 43 heavy (non-hydrogen) atoms. The Hall–Kier alpha value is -4.19. The van der Waals surface area contributed by atoms with Crippen LogP contribution in [0.15, 0.2) is 105 Å². The molecule has 3 atom stereocenters. The molecule has 2 aliphatic rings. The standard InChI is InChI=1S/C32H22BrN3O5S2/c33-19-11-13-20(14-12-19)36-30(38)26-25(27-29(35-32(40)43-27)42-28(26)31(36)39)18-7-3-8-21(15-18)41-16-24(37)34-23-10-4-6-17-5-1-2-9-22(17)23/h1-15,25-26,28H,16H2,(H,34,37)(H,35,40)/t25-,26-,28+/m0/s1. The van der Waals surface area contributed by atoms with Gasteiger partial charge in [0.15, 0.2) is 6.61 Å². The Bertz CT molecular complexity index is 1970. The Morgan fingerprint density at radius 2 is 1.70 bits per heavy atom. The second kappa shape index (κ2) is 11.1. The second-order valence-electron chi connectivity index (χ2n) is 10.2. The first-order valence-corrected chi connectivity index (χ1v) is 15.9. The van der Waals surface area contributed by atoms with Crippen LogP contribution in [0.3, 0.4) is 0 Å². The summed E-state index contributed by atoms with van der Waals surface area (Å²) in [6, 6.07) is 27.7. The van der Waals surface area contributed by atoms with E-state index in [9.17, 15) is 19.2 Å². The molecule has 1 saturated heterocycles. The van der Waals surface area contributed by atoms with Gasteiger partial charge in [0, 0.05) is 26.3 Å². The molecule has 1 aromatic heterocycles. The van der Waals surface area contributed by atoms with Crippen LogP contribution in [-0.2, 0) is 14.4 Å². The number of nitrogens with one attached hydrogen (secondary N) is 2. The number of hydrogen-bond donors (Lipinski definition) is 2. The summed E-state index contributed by atoms with van der Waals surface area (Å²) >= 11 is 5.67. The molecule has 0 aliphatic carbocycles. The maximum Gasteiger partial charge on any atom is 0.305 e. The molecule has 0 radical (unpaired) electrons. The lowest BCUT2D eigenvalue weighted by molar-refractivity contribution is -0.122. The van der Waals surface area contributed by atoms with Gasteiger partial charge in [0.2, 0.25) is 11.8 Å². The number of fused-ring (bicyclic) bond motifs is 3. The molecule has 1 fully saturated rings. The van der Waals surface area contributed by atoms with Gasteiger partial charge in [-0.05, 0) is 53.4 Å². The van der Waals surface area contributed by atoms with Crippen LogP contribution in [0.2, 0.25) is 0 Å². The number of hydrogen-bond acceptors (Lipinski definition) is 7. The molecule has 2 N–H and O–H groups in total. The number of nitrogens with zero attached hydrogens (tertiary/aromatic N) is 1. The summed E-state index contributed by atoms with van der Waals surface area (Å²) in [5, 5.41) is 4.76. The number of carbonyl (C=O) groups is 3. The van der Waals surface area contributed by atoms with Gasteiger partial charge in [0.05, 0.1) is 16.6 Å². The number of aromatic nitrogens is 1. The topological polar surface area (TPSA) is 109 Å². The highest BCUT2D eigenvalue weighted by atomic mass is 79.9. The highest BCUT2D eigenvalue weighted by Crippen LogP contribution is 2.53. The third-order valence-electron chi connectivity index (χ3n) is 7.56. The molecule has 5 aromatic rings. The molecule has 11 heteroatoms. The van der Waals surface area contributed by atoms with Crippen LogP contribution in [0.4, 0.5) is 11.4 Å². The van der Waals surface area contributed by atoms with Crippen molar-refractivity contribution in [3.63, 3.8) is 0 Å². The first kappa shape index (κ1) is 27.6. The number of aromatic amines is 1. The van der Waals surface area contributed by atoms with Crippen LogP contribution >= 0.6 is 39.0 Å². The molecule has 0 unspecified atom stereocenters. The molecule has 2 aliphatic heterocycles. The number of amides is 3. The zero-order valence-electron chi connectivity index (χ0n) is 22.3. The third kappa shape index (κ3) is 5.07. The summed E-state index contributed by atoms with van der Waals surface area (Å²) in [6.07, 6.45) is 0. The minimum atomic E-state index is -0.718. The number of carbonyl (C=O) groups excluding carboxylic acids is 3. The molecule has 0 spiro atoms. The third-order valence-corrected chi connectivity index (χ3v) is 10.5. The summed E-state index contributed by atoms with van der Waals surface area (Å²) in [4.78, 5) is 57.3. The van der Waals surface area contributed by atoms with E-state index >= 15 is 0 Å². The first-order chi connectivity index (χ1) is 20.9. The minimum absolute atomic E-state index is 0.225. The second-order valence-corrected chi connectivity index (χ2v) is 13.3. The van der Waals surface area contributed by atoms with Crippen molar-refractivity contribution in [2.45, 2.75) is 16.2 Å². The lowest BCUT2D eigenvalue weighted by Crippen LogP contribution is -2.32. The van der Waals surface area contributed by atoms with Crippen molar-refractivity contribution < 1.29 is 19.1 Å². The van der Waals surface area contributed by atoms with E-state index in [0.29, 0.717) is 27.0 Å². The van der Waals surface area contributed by atoms with Gasteiger partial charge in [-0.1, -0.05) is 87.6 Å². The van der Waals surface area contributed by atoms with Crippen LogP contribution in [0, 0.1) is 5.92 Å². The molecular weight excluding hydrogens is 650 g/mol. The van der Waals surface area contributed by atoms with Gasteiger partial charge >= 0.3 is 4.87 Å². The molecule has 3 heterocycles. The summed E-state index contributed by atoms with van der Waals surface area (Å²) < 4.78 is 6.72. The van der Waals surface area contributed by atoms with Crippen LogP contribution in [0.1, 0.15) is 16.4 Å². The van der Waals surface area contributed by atoms with Gasteiger partial charge < -0.3 is 15.0 Å². The van der Waals surface area contributed by atoms with E-state index in [4.69, 9.17) is 4.74 Å². The average Bonchev–Trinajstić information content (AvgIpc) is 3.51. The van der Waals surface area contributed by atoms with Crippen molar-refractivity contribution in [3.8, 4) is 5.75 Å². The molecule has 214 valence electrons. The summed E-state index contributed by atoms with van der Waals surface area (Å²) in [6.45, 7) is -0.225. The molecule has 8 nitrogen and oxygen atoms in total. The number of imide groups is 1. The van der Waals surface area contributed by atoms with E-state index in [0.717, 1.165) is 32.1 Å². The van der Waals surface area contributed by atoms with Crippen molar-refractivity contribution >= 4 is 78.9 Å². The van der Waals surface area contributed by atoms with Crippen molar-refractivity contribution in [1.29, 1.82) is 0 Å². The number of thiazole rings is 1. The number of halogens is 1. The van der Waals surface area contributed by atoms with Gasteiger partial charge in [0.25, 0.3) is 5.91 Å². The van der Waals surface area contributed by atoms with E-state index in [1.807, 2.05) is 48.5 Å². The van der Waals surface area contributed by atoms with Crippen LogP contribution in [0.5, 0.6) is 5.75 Å². The number of benzene rings is 4. The van der Waals surface area contributed by atoms with E-state index in [1.165, 1.54) is 16.7 Å². The van der Waals surface area contributed by atoms with Crippen LogP contribution in [-0.4, -0.2) is 34.6 Å². The Balaban J connectivity index is 1.16. The molecule has 7 rings (SSSR count). The van der Waals surface area contributed by atoms with Gasteiger partial charge in [-0.15, -0.1) is 0 Å². The fourth-order valence-corrected chi connectivity index (χ4v) is 8.47. The maximum absolute atomic E-state index is 13.9. The normalized spacial score (nSPS) is 19.3. The van der Waals surface area contributed by atoms with Gasteiger partial charge in [0.1, 0.15) is 11.0 Å². The van der Waals surface area contributed by atoms with Crippen LogP contribution < -0.4 is 19.8 Å². The van der Waals surface area contributed by atoms with Gasteiger partial charge in [-0.25, -0.2) is 4.90 Å². The molecule has 4 aromatic carbocycles. The number of anilines is 2. The van der Waals surface area contributed by atoms with Gasteiger partial charge in [-0.3, -0.25) is 19.2 Å². The predicted octanol–water partition coefficient (Wildman–Crippen LogP) is 6.17. The Kier molecular flexibility index (Phi) is 7.16. The monoisotopic (exact) mass is 671 g/mol. The Labute approximate surface area is 262 Å². The average molecular weight is 673 g/mol. The zero-order valence-corrected chi connectivity index (χ0v) is 25.5. The molecule has 3 amide bonds. The minimum Gasteiger partial charge on any atom is -0.484 e. The maximum atomic E-state index is 13.9. The van der Waals surface area contributed by atoms with E-state index in [-0.39, 0.29) is 29.2 Å². The van der Waals surface area contributed by atoms with Crippen molar-refractivity contribution in [1.82, 2.24) is 4.98 Å². The zero-order chi connectivity index (χ0) is 29.7. The molecule has 0 saturated carbocycles. The number of H-pyrrole nitrogens is 1. The highest BCUT2D eigenvalue weighted by molar-refractivity contribution is 9.10. The van der Waals surface area contributed by atoms with E-state index < -0.39 is 17.1 Å². The highest BCUT2D eigenvalue weighted by Gasteiger charge is 2.56. The molecular formula is C32H22BrN3O5S2. The smallest absolute Gasteiger partial charge is 0.305 e. The van der Waals surface area contributed by atoms with Crippen molar-refractivity contribution in [2.75, 3.05) is 16.8 Å². The Morgan fingerprint density at radius 1 is 0.930 bits per heavy atom. The fraction of sp³-hybridized carbons (Fsp3) is 0.125. The number of ether oxygens (including phenoxy) is 1. The van der Waals surface area contributed by atoms with E-state index in [1.54, 1.807) is 42.5 Å². The quantitative estimate of drug-likeness (QED) is 0.209. The largest absolute Gasteiger partial charge is 0.484 e. The van der Waals surface area contributed by atoms with Crippen LogP contribution in [0.25, 0.3) is 10.8 Å². The SMILES string of the molecule is O=C(COc1cccc([C@@H]2c3sc(=O)[nH]c3S[C@H]3C(=O)N(c4ccc(Br)cc4)C(=O)[C@@H]23)c1)Nc1cccc2ccccc12. The summed E-state index contributed by atoms with van der Waals surface area (Å²) in [7, 11) is 0.